The first-order valence-electron chi connectivity index (χ1n) is 7.59. The molecule has 0 saturated heterocycles. The van der Waals surface area contributed by atoms with Gasteiger partial charge in [0.25, 0.3) is 0 Å². The molecule has 0 radical (unpaired) electrons. The molecule has 0 amide bonds. The summed E-state index contributed by atoms with van der Waals surface area (Å²) in [7, 11) is -3.52. The Bertz CT molecular complexity index is 851. The minimum Gasteiger partial charge on any atom is -0.261 e. The molecule has 0 spiro atoms. The Morgan fingerprint density at radius 2 is 1.92 bits per heavy atom. The van der Waals surface area contributed by atoms with Gasteiger partial charge in [0.2, 0.25) is 10.0 Å². The average Bonchev–Trinajstić information content (AvgIpc) is 2.60. The summed E-state index contributed by atoms with van der Waals surface area (Å²) in [5.74, 6) is 0.410. The summed E-state index contributed by atoms with van der Waals surface area (Å²) in [6, 6.07) is 8.26. The van der Waals surface area contributed by atoms with Gasteiger partial charge < -0.3 is 0 Å². The summed E-state index contributed by atoms with van der Waals surface area (Å²) in [4.78, 5) is 4.22. The van der Waals surface area contributed by atoms with Crippen LogP contribution in [0.4, 0.5) is 5.82 Å². The molecule has 0 aliphatic rings. The van der Waals surface area contributed by atoms with E-state index in [1.165, 1.54) is 22.8 Å². The van der Waals surface area contributed by atoms with E-state index in [1.807, 2.05) is 0 Å². The lowest BCUT2D eigenvalue weighted by Gasteiger charge is -2.18. The van der Waals surface area contributed by atoms with Gasteiger partial charge in [-0.25, -0.2) is 13.4 Å². The Labute approximate surface area is 157 Å². The predicted octanol–water partition coefficient (Wildman–Crippen LogP) is 3.86. The molecule has 1 N–H and O–H groups in total. The molecule has 0 unspecified atom stereocenters. The fraction of sp³-hybridized carbons (Fsp3) is 0.250. The molecule has 1 heterocycles. The molecular formula is C16H18Cl2N4O2S. The van der Waals surface area contributed by atoms with Crippen molar-refractivity contribution in [2.45, 2.75) is 18.7 Å². The van der Waals surface area contributed by atoms with Crippen molar-refractivity contribution in [3.8, 4) is 0 Å². The maximum absolute atomic E-state index is 12.4. The summed E-state index contributed by atoms with van der Waals surface area (Å²) in [6.07, 6.45) is 2.81. The standard InChI is InChI=1S/C16H18Cl2N4O2S/c1-3-22(4-2)25(23,24)13-8-9-15(19-11-13)21-20-10-12-6-5-7-14(17)16(12)18/h5-11H,3-4H2,1-2H3,(H,19,21)/b20-10-. The molecule has 25 heavy (non-hydrogen) atoms. The number of rotatable bonds is 7. The van der Waals surface area contributed by atoms with Crippen molar-refractivity contribution in [1.82, 2.24) is 9.29 Å². The van der Waals surface area contributed by atoms with Gasteiger partial charge in [0, 0.05) is 24.8 Å². The maximum atomic E-state index is 12.4. The second-order valence-electron chi connectivity index (χ2n) is 4.98. The summed E-state index contributed by atoms with van der Waals surface area (Å²) >= 11 is 12.0. The third kappa shape index (κ3) is 4.70. The maximum Gasteiger partial charge on any atom is 0.244 e. The SMILES string of the molecule is CCN(CC)S(=O)(=O)c1ccc(N/N=C\c2cccc(Cl)c2Cl)nc1. The first-order chi connectivity index (χ1) is 11.9. The van der Waals surface area contributed by atoms with Gasteiger partial charge in [-0.2, -0.15) is 9.41 Å². The molecule has 1 aromatic carbocycles. The fourth-order valence-corrected chi connectivity index (χ4v) is 3.86. The third-order valence-corrected chi connectivity index (χ3v) is 6.31. The van der Waals surface area contributed by atoms with Gasteiger partial charge >= 0.3 is 0 Å². The molecule has 2 aromatic rings. The predicted molar refractivity (Wildman–Crippen MR) is 102 cm³/mol. The third-order valence-electron chi connectivity index (χ3n) is 3.44. The Morgan fingerprint density at radius 3 is 2.52 bits per heavy atom. The molecule has 0 saturated carbocycles. The van der Waals surface area contributed by atoms with E-state index in [1.54, 1.807) is 38.1 Å². The van der Waals surface area contributed by atoms with Gasteiger partial charge in [0.05, 0.1) is 16.3 Å². The molecule has 9 heteroatoms. The van der Waals surface area contributed by atoms with Crippen LogP contribution in [0.1, 0.15) is 19.4 Å². The summed E-state index contributed by atoms with van der Waals surface area (Å²) in [6.45, 7) is 4.40. The highest BCUT2D eigenvalue weighted by Gasteiger charge is 2.21. The highest BCUT2D eigenvalue weighted by Crippen LogP contribution is 2.24. The minimum atomic E-state index is -3.52. The van der Waals surface area contributed by atoms with Gasteiger partial charge in [-0.15, -0.1) is 0 Å². The van der Waals surface area contributed by atoms with Crippen molar-refractivity contribution in [2.75, 3.05) is 18.5 Å². The van der Waals surface area contributed by atoms with Crippen molar-refractivity contribution in [2.24, 2.45) is 5.10 Å². The molecule has 0 fully saturated rings. The van der Waals surface area contributed by atoms with Crippen molar-refractivity contribution >= 4 is 45.3 Å². The van der Waals surface area contributed by atoms with Crippen LogP contribution in [0.15, 0.2) is 46.5 Å². The topological polar surface area (TPSA) is 74.7 Å². The van der Waals surface area contributed by atoms with Crippen molar-refractivity contribution in [3.05, 3.63) is 52.1 Å². The van der Waals surface area contributed by atoms with Crippen LogP contribution in [0.5, 0.6) is 0 Å². The zero-order valence-corrected chi connectivity index (χ0v) is 16.1. The fourth-order valence-electron chi connectivity index (χ4n) is 2.10. The number of hydrogen-bond donors (Lipinski definition) is 1. The zero-order valence-electron chi connectivity index (χ0n) is 13.8. The smallest absolute Gasteiger partial charge is 0.244 e. The largest absolute Gasteiger partial charge is 0.261 e. The molecule has 0 aliphatic carbocycles. The van der Waals surface area contributed by atoms with E-state index in [2.05, 4.69) is 15.5 Å². The lowest BCUT2D eigenvalue weighted by molar-refractivity contribution is 0.445. The van der Waals surface area contributed by atoms with Crippen LogP contribution < -0.4 is 5.43 Å². The number of hydrogen-bond acceptors (Lipinski definition) is 5. The normalized spacial score (nSPS) is 12.0. The van der Waals surface area contributed by atoms with Crippen LogP contribution in [0.2, 0.25) is 10.0 Å². The number of hydrazone groups is 1. The second kappa shape index (κ2) is 8.62. The number of nitrogens with one attached hydrogen (secondary N) is 1. The first kappa shape index (κ1) is 19.7. The second-order valence-corrected chi connectivity index (χ2v) is 7.70. The van der Waals surface area contributed by atoms with E-state index in [0.717, 1.165) is 0 Å². The van der Waals surface area contributed by atoms with E-state index in [-0.39, 0.29) is 4.90 Å². The average molecular weight is 401 g/mol. The molecule has 2 rings (SSSR count). The molecule has 134 valence electrons. The molecule has 0 aliphatic heterocycles. The number of halogens is 2. The zero-order chi connectivity index (χ0) is 18.4. The van der Waals surface area contributed by atoms with Crippen LogP contribution in [0.3, 0.4) is 0 Å². The number of anilines is 1. The first-order valence-corrected chi connectivity index (χ1v) is 9.79. The van der Waals surface area contributed by atoms with E-state index in [9.17, 15) is 8.42 Å². The number of benzene rings is 1. The van der Waals surface area contributed by atoms with Gasteiger partial charge in [-0.3, -0.25) is 5.43 Å². The van der Waals surface area contributed by atoms with E-state index < -0.39 is 10.0 Å². The van der Waals surface area contributed by atoms with E-state index in [0.29, 0.717) is 34.5 Å². The van der Waals surface area contributed by atoms with E-state index in [4.69, 9.17) is 23.2 Å². The van der Waals surface area contributed by atoms with E-state index >= 15 is 0 Å². The number of aromatic nitrogens is 1. The number of sulfonamides is 1. The lowest BCUT2D eigenvalue weighted by atomic mass is 10.2. The summed E-state index contributed by atoms with van der Waals surface area (Å²) < 4.78 is 26.1. The molecule has 1 aromatic heterocycles. The molecule has 0 bridgehead atoms. The highest BCUT2D eigenvalue weighted by molar-refractivity contribution is 7.89. The van der Waals surface area contributed by atoms with Crippen molar-refractivity contribution in [1.29, 1.82) is 0 Å². The Hall–Kier alpha value is -1.67. The summed E-state index contributed by atoms with van der Waals surface area (Å²) in [5, 5.41) is 4.88. The minimum absolute atomic E-state index is 0.142. The lowest BCUT2D eigenvalue weighted by Crippen LogP contribution is -2.30. The van der Waals surface area contributed by atoms with Gasteiger partial charge in [-0.1, -0.05) is 49.2 Å². The van der Waals surface area contributed by atoms with Crippen LogP contribution in [0, 0.1) is 0 Å². The molecular weight excluding hydrogens is 383 g/mol. The van der Waals surface area contributed by atoms with Crippen LogP contribution in [-0.4, -0.2) is 37.0 Å². The van der Waals surface area contributed by atoms with Gasteiger partial charge in [0.1, 0.15) is 10.7 Å². The van der Waals surface area contributed by atoms with Crippen LogP contribution in [0.25, 0.3) is 0 Å². The molecule has 0 atom stereocenters. The quantitative estimate of drug-likeness (QED) is 0.565. The van der Waals surface area contributed by atoms with Crippen molar-refractivity contribution < 1.29 is 8.42 Å². The Balaban J connectivity index is 2.11. The number of pyridine rings is 1. The number of nitrogens with zero attached hydrogens (tertiary/aromatic N) is 3. The van der Waals surface area contributed by atoms with Crippen LogP contribution in [-0.2, 0) is 10.0 Å². The van der Waals surface area contributed by atoms with Crippen molar-refractivity contribution in [3.63, 3.8) is 0 Å². The van der Waals surface area contributed by atoms with Gasteiger partial charge in [0.15, 0.2) is 0 Å². The highest BCUT2D eigenvalue weighted by atomic mass is 35.5. The summed E-state index contributed by atoms with van der Waals surface area (Å²) in [5.41, 5.74) is 3.38. The Kier molecular flexibility index (Phi) is 6.78. The molecule has 6 nitrogen and oxygen atoms in total. The van der Waals surface area contributed by atoms with Gasteiger partial charge in [-0.05, 0) is 18.2 Å². The monoisotopic (exact) mass is 400 g/mol. The Morgan fingerprint density at radius 1 is 1.20 bits per heavy atom. The van der Waals surface area contributed by atoms with Crippen LogP contribution >= 0.6 is 23.2 Å².